The first-order valence-electron chi connectivity index (χ1n) is 6.29. The van der Waals surface area contributed by atoms with E-state index in [9.17, 15) is 14.7 Å². The van der Waals surface area contributed by atoms with Crippen molar-refractivity contribution < 1.29 is 14.7 Å². The first-order valence-corrected chi connectivity index (χ1v) is 6.29. The fourth-order valence-electron chi connectivity index (χ4n) is 1.56. The molecule has 0 saturated carbocycles. The van der Waals surface area contributed by atoms with Gasteiger partial charge in [-0.25, -0.2) is 4.98 Å². The highest BCUT2D eigenvalue weighted by Crippen LogP contribution is 1.98. The van der Waals surface area contributed by atoms with Crippen molar-refractivity contribution in [2.24, 2.45) is 0 Å². The highest BCUT2D eigenvalue weighted by atomic mass is 16.3. The summed E-state index contributed by atoms with van der Waals surface area (Å²) in [6.45, 7) is 1.91. The third-order valence-electron chi connectivity index (χ3n) is 2.60. The van der Waals surface area contributed by atoms with E-state index in [0.717, 1.165) is 5.69 Å². The third-order valence-corrected chi connectivity index (χ3v) is 2.60. The van der Waals surface area contributed by atoms with E-state index in [-0.39, 0.29) is 30.9 Å². The zero-order chi connectivity index (χ0) is 14.1. The van der Waals surface area contributed by atoms with Gasteiger partial charge in [0.1, 0.15) is 0 Å². The van der Waals surface area contributed by atoms with Crippen molar-refractivity contribution in [3.05, 3.63) is 18.2 Å². The Hall–Kier alpha value is -1.89. The van der Waals surface area contributed by atoms with Crippen molar-refractivity contribution in [1.29, 1.82) is 0 Å². The van der Waals surface area contributed by atoms with Gasteiger partial charge in [-0.3, -0.25) is 9.59 Å². The predicted octanol–water partition coefficient (Wildman–Crippen LogP) is -0.654. The molecule has 1 heterocycles. The summed E-state index contributed by atoms with van der Waals surface area (Å²) in [6.07, 6.45) is 4.29. The number of carbonyl (C=O) groups is 2. The highest BCUT2D eigenvalue weighted by Gasteiger charge is 2.12. The second-order valence-electron chi connectivity index (χ2n) is 4.18. The van der Waals surface area contributed by atoms with Crippen molar-refractivity contribution in [2.75, 3.05) is 13.2 Å². The smallest absolute Gasteiger partial charge is 0.222 e. The van der Waals surface area contributed by atoms with Gasteiger partial charge >= 0.3 is 0 Å². The molecule has 0 bridgehead atoms. The number of aromatic nitrogens is 2. The number of aliphatic hydroxyl groups is 1. The van der Waals surface area contributed by atoms with Crippen molar-refractivity contribution in [1.82, 2.24) is 20.6 Å². The molecule has 0 aromatic carbocycles. The number of aliphatic hydroxyl groups excluding tert-OH is 1. The summed E-state index contributed by atoms with van der Waals surface area (Å²) in [4.78, 5) is 29.4. The van der Waals surface area contributed by atoms with Gasteiger partial charge in [-0.05, 0) is 0 Å². The van der Waals surface area contributed by atoms with E-state index in [1.807, 2.05) is 0 Å². The zero-order valence-electron chi connectivity index (χ0n) is 11.0. The number of aromatic amines is 1. The number of H-pyrrole nitrogens is 1. The zero-order valence-corrected chi connectivity index (χ0v) is 11.0. The maximum atomic E-state index is 11.6. The summed E-state index contributed by atoms with van der Waals surface area (Å²) in [5.41, 5.74) is 0.846. The molecule has 19 heavy (non-hydrogen) atoms. The van der Waals surface area contributed by atoms with Crippen LogP contribution in [0.4, 0.5) is 0 Å². The lowest BCUT2D eigenvalue weighted by Gasteiger charge is -2.15. The minimum atomic E-state index is -0.352. The number of rotatable bonds is 8. The number of amides is 2. The molecular weight excluding hydrogens is 248 g/mol. The van der Waals surface area contributed by atoms with Crippen LogP contribution in [0.3, 0.4) is 0 Å². The molecule has 1 atom stereocenters. The molecule has 0 fully saturated rings. The normalized spacial score (nSPS) is 11.9. The lowest BCUT2D eigenvalue weighted by atomic mass is 10.1. The fourth-order valence-corrected chi connectivity index (χ4v) is 1.56. The first kappa shape index (κ1) is 15.2. The van der Waals surface area contributed by atoms with E-state index in [2.05, 4.69) is 20.6 Å². The average Bonchev–Trinajstić information content (AvgIpc) is 2.90. The summed E-state index contributed by atoms with van der Waals surface area (Å²) in [5, 5.41) is 14.5. The summed E-state index contributed by atoms with van der Waals surface area (Å²) < 4.78 is 0. The molecule has 0 spiro atoms. The molecule has 7 nitrogen and oxygen atoms in total. The van der Waals surface area contributed by atoms with Crippen LogP contribution in [0.2, 0.25) is 0 Å². The molecule has 7 heteroatoms. The molecular formula is C12H20N4O3. The van der Waals surface area contributed by atoms with Crippen LogP contribution in [-0.2, 0) is 16.0 Å². The number of nitrogens with zero attached hydrogens (tertiary/aromatic N) is 1. The Morgan fingerprint density at radius 3 is 2.84 bits per heavy atom. The third kappa shape index (κ3) is 6.01. The minimum absolute atomic E-state index is 0.0797. The van der Waals surface area contributed by atoms with Crippen LogP contribution < -0.4 is 10.6 Å². The van der Waals surface area contributed by atoms with Gasteiger partial charge < -0.3 is 20.7 Å². The molecule has 0 aliphatic carbocycles. The molecule has 2 amide bonds. The van der Waals surface area contributed by atoms with Crippen LogP contribution in [0.15, 0.2) is 12.5 Å². The Bertz CT molecular complexity index is 392. The first-order chi connectivity index (χ1) is 9.15. The summed E-state index contributed by atoms with van der Waals surface area (Å²) in [6, 6.07) is -0.352. The van der Waals surface area contributed by atoms with Crippen LogP contribution in [-0.4, -0.2) is 46.1 Å². The molecule has 0 saturated heterocycles. The Labute approximate surface area is 111 Å². The van der Waals surface area contributed by atoms with Crippen LogP contribution in [0.5, 0.6) is 0 Å². The van der Waals surface area contributed by atoms with E-state index in [4.69, 9.17) is 0 Å². The molecule has 106 valence electrons. The lowest BCUT2D eigenvalue weighted by molar-refractivity contribution is -0.122. The average molecular weight is 268 g/mol. The van der Waals surface area contributed by atoms with Crippen LogP contribution >= 0.6 is 0 Å². The summed E-state index contributed by atoms with van der Waals surface area (Å²) >= 11 is 0. The van der Waals surface area contributed by atoms with Crippen LogP contribution in [0.25, 0.3) is 0 Å². The van der Waals surface area contributed by atoms with Gasteiger partial charge in [0.15, 0.2) is 0 Å². The van der Waals surface area contributed by atoms with Crippen molar-refractivity contribution in [3.63, 3.8) is 0 Å². The van der Waals surface area contributed by atoms with E-state index in [0.29, 0.717) is 19.4 Å². The van der Waals surface area contributed by atoms with Gasteiger partial charge in [-0.2, -0.15) is 0 Å². The maximum Gasteiger partial charge on any atom is 0.222 e. The minimum Gasteiger partial charge on any atom is -0.394 e. The number of hydrogen-bond acceptors (Lipinski definition) is 4. The number of imidazole rings is 1. The molecule has 1 rings (SSSR count). The quantitative estimate of drug-likeness (QED) is 0.502. The van der Waals surface area contributed by atoms with Crippen molar-refractivity contribution in [3.8, 4) is 0 Å². The van der Waals surface area contributed by atoms with Gasteiger partial charge in [0, 0.05) is 37.7 Å². The second-order valence-corrected chi connectivity index (χ2v) is 4.18. The topological polar surface area (TPSA) is 107 Å². The SMILES string of the molecule is CCC(=O)NCCC(=O)N[C@H](CO)Cc1cnc[nH]1. The Morgan fingerprint density at radius 2 is 2.26 bits per heavy atom. The Balaban J connectivity index is 2.26. The number of nitrogens with one attached hydrogen (secondary N) is 3. The fraction of sp³-hybridized carbons (Fsp3) is 0.583. The summed E-state index contributed by atoms with van der Waals surface area (Å²) in [5.74, 6) is -0.279. The van der Waals surface area contributed by atoms with Crippen LogP contribution in [0, 0.1) is 0 Å². The van der Waals surface area contributed by atoms with Gasteiger partial charge in [0.2, 0.25) is 11.8 Å². The molecule has 0 radical (unpaired) electrons. The van der Waals surface area contributed by atoms with Gasteiger partial charge in [0.05, 0.1) is 19.0 Å². The van der Waals surface area contributed by atoms with E-state index < -0.39 is 0 Å². The largest absolute Gasteiger partial charge is 0.394 e. The molecule has 1 aromatic heterocycles. The molecule has 0 unspecified atom stereocenters. The highest BCUT2D eigenvalue weighted by molar-refractivity contribution is 5.78. The van der Waals surface area contributed by atoms with Gasteiger partial charge in [-0.1, -0.05) is 6.92 Å². The second kappa shape index (κ2) is 8.25. The van der Waals surface area contributed by atoms with Crippen molar-refractivity contribution >= 4 is 11.8 Å². The molecule has 0 aliphatic rings. The van der Waals surface area contributed by atoms with Crippen LogP contribution in [0.1, 0.15) is 25.5 Å². The van der Waals surface area contributed by atoms with E-state index in [1.165, 1.54) is 0 Å². The van der Waals surface area contributed by atoms with Crippen molar-refractivity contribution in [2.45, 2.75) is 32.2 Å². The predicted molar refractivity (Wildman–Crippen MR) is 69.2 cm³/mol. The number of hydrogen-bond donors (Lipinski definition) is 4. The Kier molecular flexibility index (Phi) is 6.59. The number of carbonyl (C=O) groups excluding carboxylic acids is 2. The van der Waals surface area contributed by atoms with Gasteiger partial charge in [0.25, 0.3) is 0 Å². The van der Waals surface area contributed by atoms with Gasteiger partial charge in [-0.15, -0.1) is 0 Å². The van der Waals surface area contributed by atoms with E-state index >= 15 is 0 Å². The lowest BCUT2D eigenvalue weighted by Crippen LogP contribution is -2.40. The Morgan fingerprint density at radius 1 is 1.47 bits per heavy atom. The van der Waals surface area contributed by atoms with E-state index in [1.54, 1.807) is 19.4 Å². The standard InChI is InChI=1S/C12H20N4O3/c1-2-11(18)14-4-3-12(19)16-10(7-17)5-9-6-13-8-15-9/h6,8,10,17H,2-5,7H2,1H3,(H,13,15)(H,14,18)(H,16,19)/t10-/m0/s1. The maximum absolute atomic E-state index is 11.6. The summed E-state index contributed by atoms with van der Waals surface area (Å²) in [7, 11) is 0. The molecule has 1 aromatic rings. The molecule has 4 N–H and O–H groups in total. The molecule has 0 aliphatic heterocycles. The monoisotopic (exact) mass is 268 g/mol.